The van der Waals surface area contributed by atoms with Gasteiger partial charge in [-0.1, -0.05) is 20.8 Å². The van der Waals surface area contributed by atoms with Crippen molar-refractivity contribution in [3.05, 3.63) is 23.2 Å². The first-order valence-electron chi connectivity index (χ1n) is 6.27. The molecule has 5 heteroatoms. The number of halogens is 1. The Bertz CT molecular complexity index is 404. The highest BCUT2D eigenvalue weighted by Crippen LogP contribution is 2.37. The van der Waals surface area contributed by atoms with Crippen molar-refractivity contribution in [2.45, 2.75) is 58.4 Å². The van der Waals surface area contributed by atoms with Gasteiger partial charge in [0.1, 0.15) is 0 Å². The highest BCUT2D eigenvalue weighted by Gasteiger charge is 2.38. The van der Waals surface area contributed by atoms with E-state index in [4.69, 9.17) is 16.0 Å². The maximum Gasteiger partial charge on any atom is 0.222 e. The molecule has 0 saturated carbocycles. The van der Waals surface area contributed by atoms with Crippen LogP contribution in [0.5, 0.6) is 0 Å². The molecule has 0 aliphatic carbocycles. The lowest BCUT2D eigenvalue weighted by atomic mass is 10.2. The predicted octanol–water partition coefficient (Wildman–Crippen LogP) is 4.08. The molecule has 0 unspecified atom stereocenters. The Labute approximate surface area is 116 Å². The summed E-state index contributed by atoms with van der Waals surface area (Å²) in [6.45, 7) is 13.3. The van der Waals surface area contributed by atoms with Crippen LogP contribution in [-0.4, -0.2) is 24.4 Å². The number of nitrogens with zero attached hydrogens (tertiary/aromatic N) is 2. The standard InChI is InChI=1S/C13H23ClN2OSi/c1-10(17-18(5,6)13(2,3)4)9-11-7-8-15-12(14)16-11/h7-8,10H,9H2,1-6H3/t10-/m1/s1. The molecule has 3 nitrogen and oxygen atoms in total. The molecule has 0 spiro atoms. The van der Waals surface area contributed by atoms with E-state index in [9.17, 15) is 0 Å². The molecule has 0 bridgehead atoms. The zero-order chi connectivity index (χ0) is 14.0. The van der Waals surface area contributed by atoms with Crippen LogP contribution in [0.4, 0.5) is 0 Å². The topological polar surface area (TPSA) is 35.0 Å². The predicted molar refractivity (Wildman–Crippen MR) is 78.5 cm³/mol. The van der Waals surface area contributed by atoms with E-state index in [1.165, 1.54) is 0 Å². The Morgan fingerprint density at radius 3 is 2.50 bits per heavy atom. The summed E-state index contributed by atoms with van der Waals surface area (Å²) in [5.41, 5.74) is 0.932. The number of hydrogen-bond acceptors (Lipinski definition) is 3. The molecule has 0 fully saturated rings. The lowest BCUT2D eigenvalue weighted by molar-refractivity contribution is 0.198. The lowest BCUT2D eigenvalue weighted by Crippen LogP contribution is -2.43. The summed E-state index contributed by atoms with van der Waals surface area (Å²) in [5.74, 6) is 0. The Hall–Kier alpha value is -0.453. The summed E-state index contributed by atoms with van der Waals surface area (Å²) >= 11 is 5.78. The first-order valence-corrected chi connectivity index (χ1v) is 9.56. The third-order valence-electron chi connectivity index (χ3n) is 3.48. The number of rotatable bonds is 4. The summed E-state index contributed by atoms with van der Waals surface area (Å²) in [5, 5.41) is 0.525. The smallest absolute Gasteiger partial charge is 0.222 e. The van der Waals surface area contributed by atoms with Gasteiger partial charge in [0.25, 0.3) is 0 Å². The molecule has 1 rings (SSSR count). The van der Waals surface area contributed by atoms with Crippen LogP contribution in [0.25, 0.3) is 0 Å². The largest absolute Gasteiger partial charge is 0.414 e. The minimum Gasteiger partial charge on any atom is -0.414 e. The average Bonchev–Trinajstić information content (AvgIpc) is 2.14. The van der Waals surface area contributed by atoms with E-state index >= 15 is 0 Å². The van der Waals surface area contributed by atoms with Gasteiger partial charge < -0.3 is 4.43 Å². The van der Waals surface area contributed by atoms with Crippen LogP contribution in [0.3, 0.4) is 0 Å². The Morgan fingerprint density at radius 1 is 1.39 bits per heavy atom. The number of aromatic nitrogens is 2. The molecule has 0 N–H and O–H groups in total. The lowest BCUT2D eigenvalue weighted by Gasteiger charge is -2.38. The van der Waals surface area contributed by atoms with Crippen LogP contribution in [0, 0.1) is 0 Å². The minimum atomic E-state index is -1.71. The van der Waals surface area contributed by atoms with Gasteiger partial charge in [0.15, 0.2) is 8.32 Å². The molecule has 102 valence electrons. The first kappa shape index (κ1) is 15.6. The van der Waals surface area contributed by atoms with Gasteiger partial charge in [-0.3, -0.25) is 0 Å². The van der Waals surface area contributed by atoms with E-state index in [2.05, 4.69) is 50.8 Å². The van der Waals surface area contributed by atoms with Crippen LogP contribution >= 0.6 is 11.6 Å². The van der Waals surface area contributed by atoms with Gasteiger partial charge in [0.05, 0.1) is 0 Å². The van der Waals surface area contributed by atoms with Crippen molar-refractivity contribution >= 4 is 19.9 Å². The zero-order valence-electron chi connectivity index (χ0n) is 12.1. The second-order valence-electron chi connectivity index (χ2n) is 6.21. The molecule has 1 aromatic rings. The molecule has 0 aliphatic heterocycles. The monoisotopic (exact) mass is 286 g/mol. The maximum atomic E-state index is 6.28. The summed E-state index contributed by atoms with van der Waals surface area (Å²) in [6.07, 6.45) is 2.61. The second-order valence-corrected chi connectivity index (χ2v) is 11.3. The Morgan fingerprint density at radius 2 is 2.00 bits per heavy atom. The van der Waals surface area contributed by atoms with Gasteiger partial charge in [-0.05, 0) is 42.7 Å². The van der Waals surface area contributed by atoms with E-state index in [0.717, 1.165) is 12.1 Å². The van der Waals surface area contributed by atoms with Crippen molar-refractivity contribution in [3.8, 4) is 0 Å². The first-order chi connectivity index (χ1) is 8.12. The second kappa shape index (κ2) is 5.68. The van der Waals surface area contributed by atoms with Crippen molar-refractivity contribution in [2.24, 2.45) is 0 Å². The van der Waals surface area contributed by atoms with E-state index < -0.39 is 8.32 Å². The van der Waals surface area contributed by atoms with Gasteiger partial charge in [0, 0.05) is 24.4 Å². The van der Waals surface area contributed by atoms with E-state index in [0.29, 0.717) is 5.28 Å². The molecule has 18 heavy (non-hydrogen) atoms. The molecule has 1 heterocycles. The van der Waals surface area contributed by atoms with Crippen molar-refractivity contribution < 1.29 is 4.43 Å². The molecule has 0 amide bonds. The van der Waals surface area contributed by atoms with Crippen molar-refractivity contribution in [1.82, 2.24) is 9.97 Å². The summed E-state index contributed by atoms with van der Waals surface area (Å²) in [4.78, 5) is 8.08. The van der Waals surface area contributed by atoms with Crippen molar-refractivity contribution in [2.75, 3.05) is 0 Å². The quantitative estimate of drug-likeness (QED) is 0.618. The zero-order valence-corrected chi connectivity index (χ0v) is 13.9. The highest BCUT2D eigenvalue weighted by molar-refractivity contribution is 6.74. The molecule has 0 aliphatic rings. The molecule has 1 atom stereocenters. The van der Waals surface area contributed by atoms with Crippen LogP contribution in [-0.2, 0) is 10.8 Å². The molecular formula is C13H23ClN2OSi. The Kier molecular flexibility index (Phi) is 4.92. The highest BCUT2D eigenvalue weighted by atomic mass is 35.5. The molecule has 0 radical (unpaired) electrons. The van der Waals surface area contributed by atoms with Crippen LogP contribution < -0.4 is 0 Å². The fourth-order valence-corrected chi connectivity index (χ4v) is 3.11. The summed E-state index contributed by atoms with van der Waals surface area (Å²) < 4.78 is 6.28. The van der Waals surface area contributed by atoms with E-state index in [-0.39, 0.29) is 11.1 Å². The molecule has 1 aromatic heterocycles. The van der Waals surface area contributed by atoms with Gasteiger partial charge in [-0.2, -0.15) is 0 Å². The molecular weight excluding hydrogens is 264 g/mol. The van der Waals surface area contributed by atoms with Crippen LogP contribution in [0.15, 0.2) is 12.3 Å². The van der Waals surface area contributed by atoms with Gasteiger partial charge in [-0.25, -0.2) is 9.97 Å². The van der Waals surface area contributed by atoms with E-state index in [1.807, 2.05) is 6.07 Å². The summed E-state index contributed by atoms with van der Waals surface area (Å²) in [7, 11) is -1.71. The molecule has 0 aromatic carbocycles. The van der Waals surface area contributed by atoms with Crippen LogP contribution in [0.2, 0.25) is 23.4 Å². The van der Waals surface area contributed by atoms with E-state index in [1.54, 1.807) is 6.20 Å². The van der Waals surface area contributed by atoms with Crippen molar-refractivity contribution in [1.29, 1.82) is 0 Å². The third kappa shape index (κ3) is 4.34. The van der Waals surface area contributed by atoms with Gasteiger partial charge in [-0.15, -0.1) is 0 Å². The Balaban J connectivity index is 2.65. The van der Waals surface area contributed by atoms with Crippen LogP contribution in [0.1, 0.15) is 33.4 Å². The fourth-order valence-electron chi connectivity index (χ4n) is 1.50. The SMILES string of the molecule is C[C@H](Cc1ccnc(Cl)n1)O[Si](C)(C)C(C)(C)C. The average molecular weight is 287 g/mol. The maximum absolute atomic E-state index is 6.28. The third-order valence-corrected chi connectivity index (χ3v) is 8.27. The summed E-state index contributed by atoms with van der Waals surface area (Å²) in [6, 6.07) is 1.89. The fraction of sp³-hybridized carbons (Fsp3) is 0.692. The van der Waals surface area contributed by atoms with Crippen molar-refractivity contribution in [3.63, 3.8) is 0 Å². The van der Waals surface area contributed by atoms with Gasteiger partial charge in [0.2, 0.25) is 5.28 Å². The normalized spacial score (nSPS) is 14.6. The number of hydrogen-bond donors (Lipinski definition) is 0. The molecule has 0 saturated heterocycles. The minimum absolute atomic E-state index is 0.150. The van der Waals surface area contributed by atoms with Gasteiger partial charge >= 0.3 is 0 Å².